The van der Waals surface area contributed by atoms with Crippen molar-refractivity contribution < 1.29 is 23.0 Å². The summed E-state index contributed by atoms with van der Waals surface area (Å²) in [6.07, 6.45) is 6.42. The van der Waals surface area contributed by atoms with Gasteiger partial charge in [0.2, 0.25) is 5.95 Å². The summed E-state index contributed by atoms with van der Waals surface area (Å²) >= 11 is 0. The Morgan fingerprint density at radius 2 is 1.78 bits per heavy atom. The van der Waals surface area contributed by atoms with Gasteiger partial charge < -0.3 is 25.8 Å². The van der Waals surface area contributed by atoms with Gasteiger partial charge in [-0.1, -0.05) is 18.2 Å². The van der Waals surface area contributed by atoms with Crippen LogP contribution in [-0.4, -0.2) is 46.2 Å². The first-order valence-electron chi connectivity index (χ1n) is 14.7. The van der Waals surface area contributed by atoms with E-state index in [1.54, 1.807) is 12.1 Å². The van der Waals surface area contributed by atoms with Gasteiger partial charge in [0.25, 0.3) is 0 Å². The van der Waals surface area contributed by atoms with Crippen LogP contribution in [0.15, 0.2) is 30.5 Å². The van der Waals surface area contributed by atoms with Gasteiger partial charge in [-0.15, -0.1) is 13.2 Å². The standard InChI is InChI=1S/C30H37F3N6O2/c31-30(32,33)41-25-4-2-1-3-19(25)15-35-28-36-16-22(14-34)27(39-28)37-17-29-11-18-9-20(12-29)26(21(10-18)13-29)38-23-5-7-24(40)8-6-23/h1-4,16,18,20-21,23-24,26,38,40H,5-13,15,17H2,(H2,35,36,37,39)/t18?,20-,21+,23-,24-,26-,29?. The molecule has 41 heavy (non-hydrogen) atoms. The number of nitrogens with zero attached hydrogens (tertiary/aromatic N) is 3. The summed E-state index contributed by atoms with van der Waals surface area (Å²) < 4.78 is 42.5. The number of aliphatic hydroxyl groups excluding tert-OH is 1. The third-order valence-corrected chi connectivity index (χ3v) is 9.70. The highest BCUT2D eigenvalue weighted by molar-refractivity contribution is 5.53. The normalized spacial score (nSPS) is 32.4. The van der Waals surface area contributed by atoms with Crippen LogP contribution in [0.1, 0.15) is 68.9 Å². The Labute approximate surface area is 238 Å². The molecule has 0 amide bonds. The van der Waals surface area contributed by atoms with Crippen molar-refractivity contribution in [2.75, 3.05) is 17.2 Å². The fourth-order valence-corrected chi connectivity index (χ4v) is 8.20. The second kappa shape index (κ2) is 11.3. The number of rotatable bonds is 9. The monoisotopic (exact) mass is 570 g/mol. The van der Waals surface area contributed by atoms with Crippen LogP contribution >= 0.6 is 0 Å². The second-order valence-corrected chi connectivity index (χ2v) is 12.6. The molecule has 0 saturated heterocycles. The Balaban J connectivity index is 1.10. The SMILES string of the molecule is N#Cc1cnc(NCc2ccccc2OC(F)(F)F)nc1NCC12CC3C[C@H](C1)[C@@H](N[C@H]1CC[C@H](O)CC1)[C@@H](C3)C2. The predicted octanol–water partition coefficient (Wildman–Crippen LogP) is 5.36. The fourth-order valence-electron chi connectivity index (χ4n) is 8.20. The van der Waals surface area contributed by atoms with E-state index in [-0.39, 0.29) is 29.8 Å². The molecule has 11 heteroatoms. The molecule has 5 aliphatic carbocycles. The first kappa shape index (κ1) is 28.0. The van der Waals surface area contributed by atoms with Crippen LogP contribution in [0, 0.1) is 34.5 Å². The Bertz CT molecular complexity index is 1260. The predicted molar refractivity (Wildman–Crippen MR) is 147 cm³/mol. The molecule has 5 aliphatic rings. The largest absolute Gasteiger partial charge is 0.573 e. The summed E-state index contributed by atoms with van der Waals surface area (Å²) in [4.78, 5) is 8.73. The minimum atomic E-state index is -4.79. The summed E-state index contributed by atoms with van der Waals surface area (Å²) in [5.74, 6) is 2.41. The molecular formula is C30H37F3N6O2. The van der Waals surface area contributed by atoms with Crippen molar-refractivity contribution in [3.63, 3.8) is 0 Å². The zero-order valence-electron chi connectivity index (χ0n) is 23.0. The molecule has 1 aromatic heterocycles. The minimum absolute atomic E-state index is 0.0287. The van der Waals surface area contributed by atoms with Gasteiger partial charge >= 0.3 is 6.36 Å². The van der Waals surface area contributed by atoms with E-state index in [1.807, 2.05) is 0 Å². The van der Waals surface area contributed by atoms with Gasteiger partial charge in [-0.3, -0.25) is 0 Å². The first-order chi connectivity index (χ1) is 19.7. The maximum Gasteiger partial charge on any atom is 0.573 e. The van der Waals surface area contributed by atoms with Gasteiger partial charge in [-0.05, 0) is 87.0 Å². The summed E-state index contributed by atoms with van der Waals surface area (Å²) in [6.45, 7) is 0.757. The van der Waals surface area contributed by atoms with Crippen LogP contribution < -0.4 is 20.7 Å². The molecule has 8 nitrogen and oxygen atoms in total. The highest BCUT2D eigenvalue weighted by Gasteiger charge is 2.55. The molecular weight excluding hydrogens is 533 g/mol. The van der Waals surface area contributed by atoms with Crippen LogP contribution in [-0.2, 0) is 6.54 Å². The number of aliphatic hydroxyl groups is 1. The number of ether oxygens (including phenoxy) is 1. The van der Waals surface area contributed by atoms with Gasteiger partial charge in [0.15, 0.2) is 0 Å². The van der Waals surface area contributed by atoms with E-state index in [2.05, 4.69) is 36.7 Å². The van der Waals surface area contributed by atoms with E-state index in [9.17, 15) is 23.5 Å². The summed E-state index contributed by atoms with van der Waals surface area (Å²) in [5.41, 5.74) is 0.810. The molecule has 5 saturated carbocycles. The van der Waals surface area contributed by atoms with E-state index in [0.29, 0.717) is 40.9 Å². The molecule has 1 aromatic carbocycles. The van der Waals surface area contributed by atoms with E-state index in [4.69, 9.17) is 0 Å². The smallest absolute Gasteiger partial charge is 0.405 e. The van der Waals surface area contributed by atoms with Gasteiger partial charge in [-0.2, -0.15) is 10.2 Å². The number of nitrogens with one attached hydrogen (secondary N) is 3. The van der Waals surface area contributed by atoms with Crippen molar-refractivity contribution in [1.82, 2.24) is 15.3 Å². The lowest BCUT2D eigenvalue weighted by Crippen LogP contribution is -2.61. The molecule has 220 valence electrons. The number of anilines is 2. The maximum atomic E-state index is 12.8. The number of para-hydroxylation sites is 1. The van der Waals surface area contributed by atoms with Gasteiger partial charge in [0.1, 0.15) is 23.2 Å². The number of hydrogen-bond acceptors (Lipinski definition) is 8. The molecule has 2 unspecified atom stereocenters. The van der Waals surface area contributed by atoms with Crippen LogP contribution in [0.2, 0.25) is 0 Å². The number of alkyl halides is 3. The molecule has 0 spiro atoms. The number of hydrogen-bond donors (Lipinski definition) is 4. The van der Waals surface area contributed by atoms with Crippen LogP contribution in [0.25, 0.3) is 0 Å². The molecule has 2 aromatic rings. The zero-order chi connectivity index (χ0) is 28.6. The average Bonchev–Trinajstić information content (AvgIpc) is 2.93. The van der Waals surface area contributed by atoms with Crippen molar-refractivity contribution >= 4 is 11.8 Å². The Kier molecular flexibility index (Phi) is 7.72. The highest BCUT2D eigenvalue weighted by atomic mass is 19.4. The molecule has 5 fully saturated rings. The Hall–Kier alpha value is -3.10. The van der Waals surface area contributed by atoms with Gasteiger partial charge in [0, 0.05) is 30.7 Å². The molecule has 0 aliphatic heterocycles. The zero-order valence-corrected chi connectivity index (χ0v) is 23.0. The lowest BCUT2D eigenvalue weighted by Gasteiger charge is -2.61. The topological polar surface area (TPSA) is 115 Å². The lowest BCUT2D eigenvalue weighted by atomic mass is 9.47. The molecule has 7 rings (SSSR count). The van der Waals surface area contributed by atoms with Crippen molar-refractivity contribution in [3.05, 3.63) is 41.6 Å². The summed E-state index contributed by atoms with van der Waals surface area (Å²) in [7, 11) is 0. The molecule has 5 atom stereocenters. The number of aromatic nitrogens is 2. The van der Waals surface area contributed by atoms with E-state index >= 15 is 0 Å². The molecule has 1 heterocycles. The lowest BCUT2D eigenvalue weighted by molar-refractivity contribution is -0.274. The number of benzene rings is 1. The van der Waals surface area contributed by atoms with E-state index in [0.717, 1.165) is 51.0 Å². The summed E-state index contributed by atoms with van der Waals surface area (Å²) in [5, 5.41) is 30.0. The quantitative estimate of drug-likeness (QED) is 0.319. The van der Waals surface area contributed by atoms with Crippen molar-refractivity contribution in [2.45, 2.75) is 88.9 Å². The van der Waals surface area contributed by atoms with E-state index in [1.165, 1.54) is 37.6 Å². The van der Waals surface area contributed by atoms with Crippen molar-refractivity contribution in [3.8, 4) is 11.8 Å². The molecule has 0 radical (unpaired) electrons. The fraction of sp³-hybridized carbons (Fsp3) is 0.633. The van der Waals surface area contributed by atoms with Crippen LogP contribution in [0.4, 0.5) is 24.9 Å². The summed E-state index contributed by atoms with van der Waals surface area (Å²) in [6, 6.07) is 9.14. The van der Waals surface area contributed by atoms with Crippen molar-refractivity contribution in [1.29, 1.82) is 5.26 Å². The highest BCUT2D eigenvalue weighted by Crippen LogP contribution is 2.60. The Morgan fingerprint density at radius 1 is 1.05 bits per heavy atom. The van der Waals surface area contributed by atoms with Gasteiger partial charge in [0.05, 0.1) is 12.3 Å². The van der Waals surface area contributed by atoms with Gasteiger partial charge in [-0.25, -0.2) is 4.98 Å². The minimum Gasteiger partial charge on any atom is -0.405 e. The van der Waals surface area contributed by atoms with Crippen LogP contribution in [0.5, 0.6) is 5.75 Å². The van der Waals surface area contributed by atoms with Crippen molar-refractivity contribution in [2.24, 2.45) is 23.2 Å². The van der Waals surface area contributed by atoms with E-state index < -0.39 is 6.36 Å². The number of halogens is 3. The molecule has 4 N–H and O–H groups in total. The van der Waals surface area contributed by atoms with Crippen LogP contribution in [0.3, 0.4) is 0 Å². The second-order valence-electron chi connectivity index (χ2n) is 12.6. The maximum absolute atomic E-state index is 12.8. The average molecular weight is 571 g/mol. The Morgan fingerprint density at radius 3 is 2.49 bits per heavy atom. The third kappa shape index (κ3) is 6.38. The molecule has 4 bridgehead atoms. The first-order valence-corrected chi connectivity index (χ1v) is 14.7. The number of nitriles is 1. The third-order valence-electron chi connectivity index (χ3n) is 9.70.